The van der Waals surface area contributed by atoms with Crippen molar-refractivity contribution in [3.8, 4) is 51.0 Å². The molecule has 0 aliphatic carbocycles. The van der Waals surface area contributed by atoms with Crippen LogP contribution in [0.3, 0.4) is 0 Å². The lowest BCUT2D eigenvalue weighted by Gasteiger charge is -2.35. The van der Waals surface area contributed by atoms with Crippen LogP contribution in [0.5, 0.6) is 17.2 Å². The molecule has 0 radical (unpaired) electrons. The number of ether oxygens (including phenoxy) is 8. The quantitative estimate of drug-likeness (QED) is 0.127. The molecule has 9 aromatic rings. The highest BCUT2D eigenvalue weighted by Crippen LogP contribution is 2.34. The number of nitrogens with zero attached hydrogens (tertiary/aromatic N) is 11. The molecular weight excluding hydrogens is 1340 g/mol. The van der Waals surface area contributed by atoms with Crippen molar-refractivity contribution in [2.45, 2.75) is 52.3 Å². The maximum Gasteiger partial charge on any atom is 0.227 e. The molecule has 3 aromatic heterocycles. The Labute approximate surface area is 620 Å². The lowest BCUT2D eigenvalue weighted by molar-refractivity contribution is 0.138. The first-order chi connectivity index (χ1) is 52.2. The van der Waals surface area contributed by atoms with E-state index in [-0.39, 0.29) is 5.82 Å². The fourth-order valence-electron chi connectivity index (χ4n) is 13.2. The van der Waals surface area contributed by atoms with Gasteiger partial charge in [-0.1, -0.05) is 48.6 Å². The van der Waals surface area contributed by atoms with Crippen molar-refractivity contribution >= 4 is 46.3 Å². The molecule has 0 saturated carbocycles. The summed E-state index contributed by atoms with van der Waals surface area (Å²) in [4.78, 5) is 39.4. The van der Waals surface area contributed by atoms with Crippen molar-refractivity contribution in [3.05, 3.63) is 222 Å². The number of fused-ring (bicyclic) bond motifs is 21. The standard InChI is InChI=1S/C28H31FN4O3.C28H33N5O3.C27H31N5O2/c29-24-16-21-15-22(17-24)26-7-8-30-28(32-26)31-25-5-6-27(36-14-11-33-9-1-2-10-33)23(18-25)20-35-13-4-3-12-34-19-21;1-32-11-13-33(14-12-32)26-7-6-24-18-22(26)19-35-15-3-4-16-36-20-23-17-21(5-8-27(23)34-2)25-9-10-29-28(30-24)31-25;1-31-12-14-32(15-13-31)26-9-8-23-18-22(26)20-33-16-3-2-4-17-34-24-7-5-6-21(19-24)25-10-11-28-27(29-23)30-25/h3-8,15-18H,1-2,9-14,19-20H2,(H,30,31,32);3-10,17-18H,11-16,19-20H2,1-2H3,(H,29,30,31);2-3,5-11,18-19H,4,12-17,20H2,1H3,(H,28,29,30)/b4-3+;4-3-;3-2+. The maximum atomic E-state index is 14.3. The van der Waals surface area contributed by atoms with E-state index < -0.39 is 0 Å². The van der Waals surface area contributed by atoms with E-state index in [1.54, 1.807) is 31.8 Å². The van der Waals surface area contributed by atoms with Gasteiger partial charge < -0.3 is 73.4 Å². The number of benzene rings is 6. The van der Waals surface area contributed by atoms with E-state index in [0.29, 0.717) is 108 Å². The van der Waals surface area contributed by atoms with E-state index in [9.17, 15) is 4.39 Å². The minimum atomic E-state index is -0.331. The van der Waals surface area contributed by atoms with E-state index in [1.807, 2.05) is 97.1 Å². The molecule has 6 aliphatic heterocycles. The zero-order valence-corrected chi connectivity index (χ0v) is 60.8. The SMILES string of the molecule is CN1CCN(c2ccc3cc2COC/C=C/CCOc2cccc(c2)-c2ccnc(n2)N3)CC1.COc1ccc2cc1COC/C=C\COCc1cc(ccc1N1CCN(C)CC1)Nc1nccc-2n1.Fc1cc2cc(c1)-c1ccnc(n1)Nc1ccc(OCCN3CCCC3)c(c1)COC/C=C/COC2. The molecular formula is C83H95FN14O8. The van der Waals surface area contributed by atoms with Gasteiger partial charge in [0.1, 0.15) is 29.7 Å². The van der Waals surface area contributed by atoms with E-state index in [1.165, 1.54) is 36.3 Å². The minimum absolute atomic E-state index is 0.300. The summed E-state index contributed by atoms with van der Waals surface area (Å²) in [7, 11) is 6.02. The zero-order valence-electron chi connectivity index (χ0n) is 60.8. The van der Waals surface area contributed by atoms with Crippen LogP contribution < -0.4 is 40.0 Å². The minimum Gasteiger partial charge on any atom is -0.496 e. The molecule has 3 N–H and O–H groups in total. The Kier molecular flexibility index (Phi) is 26.7. The van der Waals surface area contributed by atoms with Gasteiger partial charge in [0.15, 0.2) is 0 Å². The molecule has 9 heterocycles. The lowest BCUT2D eigenvalue weighted by Crippen LogP contribution is -2.44. The van der Waals surface area contributed by atoms with Crippen LogP contribution in [0.15, 0.2) is 189 Å². The normalized spacial score (nSPS) is 17.9. The second-order valence-electron chi connectivity index (χ2n) is 26.7. The van der Waals surface area contributed by atoms with Crippen molar-refractivity contribution in [1.82, 2.24) is 44.6 Å². The van der Waals surface area contributed by atoms with Crippen LogP contribution in [-0.2, 0) is 56.7 Å². The predicted molar refractivity (Wildman–Crippen MR) is 414 cm³/mol. The van der Waals surface area contributed by atoms with E-state index >= 15 is 0 Å². The number of likely N-dealkylation sites (N-methyl/N-ethyl adjacent to an activating group) is 2. The first-order valence-corrected chi connectivity index (χ1v) is 36.6. The second kappa shape index (κ2) is 38.2. The van der Waals surface area contributed by atoms with Gasteiger partial charge in [-0.3, -0.25) is 4.90 Å². The van der Waals surface area contributed by atoms with Crippen LogP contribution in [0.2, 0.25) is 0 Å². The first kappa shape index (κ1) is 74.1. The Morgan fingerprint density at radius 2 is 0.925 bits per heavy atom. The lowest BCUT2D eigenvalue weighted by atomic mass is 10.1. The topological polar surface area (TPSA) is 203 Å². The number of nitrogens with one attached hydrogen (secondary N) is 3. The summed E-state index contributed by atoms with van der Waals surface area (Å²) < 4.78 is 61.4. The average molecular weight is 1440 g/mol. The second-order valence-corrected chi connectivity index (χ2v) is 26.7. The number of rotatable bonds is 7. The van der Waals surface area contributed by atoms with Gasteiger partial charge in [-0.05, 0) is 173 Å². The van der Waals surface area contributed by atoms with Crippen molar-refractivity contribution in [3.63, 3.8) is 0 Å². The summed E-state index contributed by atoms with van der Waals surface area (Å²) >= 11 is 0. The summed E-state index contributed by atoms with van der Waals surface area (Å²) in [5.41, 5.74) is 15.1. The molecule has 15 rings (SSSR count). The van der Waals surface area contributed by atoms with Gasteiger partial charge in [0, 0.05) is 145 Å². The smallest absolute Gasteiger partial charge is 0.227 e. The highest BCUT2D eigenvalue weighted by molar-refractivity contribution is 5.70. The highest BCUT2D eigenvalue weighted by Gasteiger charge is 2.22. The Balaban J connectivity index is 0.000000141. The summed E-state index contributed by atoms with van der Waals surface area (Å²) in [5, 5.41) is 10.0. The van der Waals surface area contributed by atoms with Crippen molar-refractivity contribution < 1.29 is 42.3 Å². The first-order valence-electron chi connectivity index (χ1n) is 36.6. The van der Waals surface area contributed by atoms with Crippen LogP contribution in [0, 0.1) is 5.82 Å². The van der Waals surface area contributed by atoms with Crippen LogP contribution in [0.1, 0.15) is 47.1 Å². The van der Waals surface area contributed by atoms with Crippen molar-refractivity contribution in [2.75, 3.05) is 165 Å². The number of likely N-dealkylation sites (tertiary alicyclic amines) is 1. The van der Waals surface area contributed by atoms with E-state index in [2.05, 4.69) is 129 Å². The summed E-state index contributed by atoms with van der Waals surface area (Å²) in [5.74, 6) is 3.64. The Bertz CT molecular complexity index is 4430. The zero-order chi connectivity index (χ0) is 72.5. The van der Waals surface area contributed by atoms with Gasteiger partial charge in [0.2, 0.25) is 17.8 Å². The largest absolute Gasteiger partial charge is 0.496 e. The van der Waals surface area contributed by atoms with E-state index in [0.717, 1.165) is 163 Å². The molecule has 22 nitrogen and oxygen atoms in total. The molecule has 0 spiro atoms. The molecule has 0 unspecified atom stereocenters. The van der Waals surface area contributed by atoms with Gasteiger partial charge in [-0.25, -0.2) is 34.3 Å². The van der Waals surface area contributed by atoms with Gasteiger partial charge in [-0.2, -0.15) is 0 Å². The molecule has 0 atom stereocenters. The number of halogens is 1. The van der Waals surface area contributed by atoms with E-state index in [4.69, 9.17) is 47.9 Å². The number of aromatic nitrogens is 6. The summed E-state index contributed by atoms with van der Waals surface area (Å²) in [6, 6.07) is 43.2. The molecule has 0 amide bonds. The number of methoxy groups -OCH3 is 1. The number of hydrogen-bond donors (Lipinski definition) is 3. The average Bonchev–Trinajstić information content (AvgIpc) is 0.921. The molecule has 3 fully saturated rings. The highest BCUT2D eigenvalue weighted by atomic mass is 19.1. The fraction of sp³-hybridized carbons (Fsp3) is 0.349. The molecule has 6 aliphatic rings. The molecule has 6 aromatic carbocycles. The van der Waals surface area contributed by atoms with Crippen LogP contribution in [0.4, 0.5) is 50.7 Å². The third-order valence-corrected chi connectivity index (χ3v) is 18.9. The molecule has 106 heavy (non-hydrogen) atoms. The Morgan fingerprint density at radius 3 is 1.48 bits per heavy atom. The third-order valence-electron chi connectivity index (χ3n) is 18.9. The van der Waals surface area contributed by atoms with Gasteiger partial charge in [-0.15, -0.1) is 0 Å². The Hall–Kier alpha value is -10.2. The van der Waals surface area contributed by atoms with Gasteiger partial charge in [0.05, 0.1) is 96.9 Å². The predicted octanol–water partition coefficient (Wildman–Crippen LogP) is 13.8. The van der Waals surface area contributed by atoms with Crippen LogP contribution >= 0.6 is 0 Å². The number of anilines is 8. The summed E-state index contributed by atoms with van der Waals surface area (Å²) in [6.45, 7) is 17.4. The van der Waals surface area contributed by atoms with Crippen LogP contribution in [-0.4, -0.2) is 184 Å². The van der Waals surface area contributed by atoms with Crippen molar-refractivity contribution in [2.24, 2.45) is 0 Å². The van der Waals surface area contributed by atoms with Crippen molar-refractivity contribution in [1.29, 1.82) is 0 Å². The third kappa shape index (κ3) is 21.5. The molecule has 552 valence electrons. The van der Waals surface area contributed by atoms with Gasteiger partial charge in [0.25, 0.3) is 0 Å². The molecule has 3 saturated heterocycles. The van der Waals surface area contributed by atoms with Crippen LogP contribution in [0.25, 0.3) is 33.8 Å². The molecule has 18 bridgehead atoms. The van der Waals surface area contributed by atoms with Gasteiger partial charge >= 0.3 is 0 Å². The maximum absolute atomic E-state index is 14.3. The monoisotopic (exact) mass is 1430 g/mol. The number of piperazine rings is 2. The fourth-order valence-corrected chi connectivity index (χ4v) is 13.2. The molecule has 23 heteroatoms. The summed E-state index contributed by atoms with van der Waals surface area (Å²) in [6.07, 6.45) is 20.6. The Morgan fingerprint density at radius 1 is 0.443 bits per heavy atom. The number of hydrogen-bond acceptors (Lipinski definition) is 22.